The van der Waals surface area contributed by atoms with Crippen LogP contribution in [0.5, 0.6) is 5.75 Å². The molecule has 0 aromatic heterocycles. The van der Waals surface area contributed by atoms with Crippen molar-refractivity contribution in [3.63, 3.8) is 0 Å². The van der Waals surface area contributed by atoms with E-state index in [0.717, 1.165) is 5.56 Å². The van der Waals surface area contributed by atoms with Crippen molar-refractivity contribution in [3.05, 3.63) is 64.1 Å². The second-order valence-corrected chi connectivity index (χ2v) is 5.87. The molecule has 0 radical (unpaired) electrons. The van der Waals surface area contributed by atoms with Crippen LogP contribution in [0, 0.1) is 0 Å². The van der Waals surface area contributed by atoms with E-state index in [1.54, 1.807) is 30.3 Å². The van der Waals surface area contributed by atoms with Crippen molar-refractivity contribution in [2.45, 2.75) is 0 Å². The number of nitrogens with one attached hydrogen (secondary N) is 2. The molecule has 1 amide bonds. The van der Waals surface area contributed by atoms with Crippen LogP contribution in [0.15, 0.2) is 48.5 Å². The van der Waals surface area contributed by atoms with E-state index in [-0.39, 0.29) is 11.0 Å². The summed E-state index contributed by atoms with van der Waals surface area (Å²) in [7, 11) is 1.53. The number of anilines is 1. The third kappa shape index (κ3) is 5.23. The van der Waals surface area contributed by atoms with Gasteiger partial charge in [0.25, 0.3) is 0 Å². The lowest BCUT2D eigenvalue weighted by atomic mass is 10.2. The maximum Gasteiger partial charge on any atom is 0.250 e. The summed E-state index contributed by atoms with van der Waals surface area (Å²) < 4.78 is 5.07. The van der Waals surface area contributed by atoms with Gasteiger partial charge < -0.3 is 10.1 Å². The molecule has 2 N–H and O–H groups in total. The van der Waals surface area contributed by atoms with Crippen LogP contribution in [0.1, 0.15) is 5.56 Å². The van der Waals surface area contributed by atoms with Crippen LogP contribution in [0.4, 0.5) is 5.69 Å². The van der Waals surface area contributed by atoms with E-state index >= 15 is 0 Å². The summed E-state index contributed by atoms with van der Waals surface area (Å²) in [5.41, 5.74) is 1.39. The fraction of sp³-hybridized carbons (Fsp3) is 0.0588. The van der Waals surface area contributed by atoms with Crippen LogP contribution in [0.3, 0.4) is 0 Å². The van der Waals surface area contributed by atoms with Gasteiger partial charge in [0.15, 0.2) is 5.11 Å². The van der Waals surface area contributed by atoms with Crippen molar-refractivity contribution in [2.75, 3.05) is 12.4 Å². The van der Waals surface area contributed by atoms with Crippen LogP contribution in [-0.4, -0.2) is 18.1 Å². The molecule has 0 heterocycles. The highest BCUT2D eigenvalue weighted by Gasteiger charge is 2.05. The van der Waals surface area contributed by atoms with Gasteiger partial charge in [-0.3, -0.25) is 10.1 Å². The minimum atomic E-state index is -0.368. The van der Waals surface area contributed by atoms with Gasteiger partial charge in [0, 0.05) is 16.8 Å². The van der Waals surface area contributed by atoms with E-state index in [9.17, 15) is 4.79 Å². The number of rotatable bonds is 4. The fourth-order valence-electron chi connectivity index (χ4n) is 1.84. The van der Waals surface area contributed by atoms with Gasteiger partial charge in [-0.15, -0.1) is 0 Å². The van der Waals surface area contributed by atoms with Gasteiger partial charge >= 0.3 is 0 Å². The SMILES string of the molecule is COc1ccc(NC(=S)NC(=O)/C=C/c2ccccc2Cl)cc1Cl. The molecule has 0 aliphatic carbocycles. The van der Waals surface area contributed by atoms with Crippen molar-refractivity contribution in [2.24, 2.45) is 0 Å². The van der Waals surface area contributed by atoms with Gasteiger partial charge in [0.1, 0.15) is 5.75 Å². The predicted molar refractivity (Wildman–Crippen MR) is 103 cm³/mol. The standard InChI is InChI=1S/C17H14Cl2N2O2S/c1-23-15-8-7-12(10-14(15)19)20-17(24)21-16(22)9-6-11-4-2-3-5-13(11)18/h2-10H,1H3,(H2,20,21,22,24)/b9-6+. The van der Waals surface area contributed by atoms with E-state index in [1.165, 1.54) is 13.2 Å². The Morgan fingerprint density at radius 2 is 1.92 bits per heavy atom. The van der Waals surface area contributed by atoms with Crippen LogP contribution in [-0.2, 0) is 4.79 Å². The Morgan fingerprint density at radius 3 is 2.58 bits per heavy atom. The number of hydrogen-bond donors (Lipinski definition) is 2. The molecule has 0 aliphatic heterocycles. The van der Waals surface area contributed by atoms with E-state index in [0.29, 0.717) is 21.5 Å². The highest BCUT2D eigenvalue weighted by atomic mass is 35.5. The van der Waals surface area contributed by atoms with E-state index < -0.39 is 0 Å². The smallest absolute Gasteiger partial charge is 0.250 e. The average Bonchev–Trinajstić information content (AvgIpc) is 2.54. The zero-order chi connectivity index (χ0) is 17.5. The maximum atomic E-state index is 11.9. The highest BCUT2D eigenvalue weighted by Crippen LogP contribution is 2.27. The molecule has 0 bridgehead atoms. The zero-order valence-electron chi connectivity index (χ0n) is 12.7. The Balaban J connectivity index is 1.93. The normalized spacial score (nSPS) is 10.5. The van der Waals surface area contributed by atoms with Gasteiger partial charge in [-0.1, -0.05) is 41.4 Å². The topological polar surface area (TPSA) is 50.4 Å². The minimum Gasteiger partial charge on any atom is -0.495 e. The molecule has 4 nitrogen and oxygen atoms in total. The molecule has 0 unspecified atom stereocenters. The zero-order valence-corrected chi connectivity index (χ0v) is 15.0. The summed E-state index contributed by atoms with van der Waals surface area (Å²) >= 11 is 17.1. The molecule has 124 valence electrons. The molecule has 2 aromatic carbocycles. The molecule has 0 atom stereocenters. The summed E-state index contributed by atoms with van der Waals surface area (Å²) in [6.07, 6.45) is 2.97. The Morgan fingerprint density at radius 1 is 1.17 bits per heavy atom. The Hall–Kier alpha value is -2.08. The lowest BCUT2D eigenvalue weighted by Gasteiger charge is -2.10. The fourth-order valence-corrected chi connectivity index (χ4v) is 2.51. The van der Waals surface area contributed by atoms with Crippen molar-refractivity contribution < 1.29 is 9.53 Å². The lowest BCUT2D eigenvalue weighted by Crippen LogP contribution is -2.32. The number of ether oxygens (including phenoxy) is 1. The molecular formula is C17H14Cl2N2O2S. The Labute approximate surface area is 155 Å². The second-order valence-electron chi connectivity index (χ2n) is 4.65. The van der Waals surface area contributed by atoms with Crippen molar-refractivity contribution in [3.8, 4) is 5.75 Å². The van der Waals surface area contributed by atoms with Gasteiger partial charge in [-0.2, -0.15) is 0 Å². The summed E-state index contributed by atoms with van der Waals surface area (Å²) in [5.74, 6) is 0.187. The van der Waals surface area contributed by atoms with Crippen molar-refractivity contribution in [1.29, 1.82) is 0 Å². The number of hydrogen-bond acceptors (Lipinski definition) is 3. The summed E-state index contributed by atoms with van der Waals surface area (Å²) in [5, 5.41) is 6.58. The Bertz CT molecular complexity index is 794. The summed E-state index contributed by atoms with van der Waals surface area (Å²) in [6, 6.07) is 12.3. The summed E-state index contributed by atoms with van der Waals surface area (Å²) in [6.45, 7) is 0. The van der Waals surface area contributed by atoms with Crippen LogP contribution >= 0.6 is 35.4 Å². The van der Waals surface area contributed by atoms with E-state index in [2.05, 4.69) is 10.6 Å². The lowest BCUT2D eigenvalue weighted by molar-refractivity contribution is -0.115. The molecule has 2 aromatic rings. The molecule has 2 rings (SSSR count). The third-order valence-corrected chi connectivity index (χ3v) is 3.81. The number of amides is 1. The first kappa shape index (κ1) is 18.3. The molecule has 0 aliphatic rings. The number of carbonyl (C=O) groups is 1. The number of carbonyl (C=O) groups excluding carboxylic acids is 1. The second kappa shape index (κ2) is 8.68. The van der Waals surface area contributed by atoms with E-state index in [4.69, 9.17) is 40.2 Å². The third-order valence-electron chi connectivity index (χ3n) is 2.97. The van der Waals surface area contributed by atoms with Crippen molar-refractivity contribution in [1.82, 2.24) is 5.32 Å². The maximum absolute atomic E-state index is 11.9. The van der Waals surface area contributed by atoms with Crippen LogP contribution < -0.4 is 15.4 Å². The first-order valence-corrected chi connectivity index (χ1v) is 8.04. The molecular weight excluding hydrogens is 367 g/mol. The average molecular weight is 381 g/mol. The van der Waals surface area contributed by atoms with Crippen LogP contribution in [0.25, 0.3) is 6.08 Å². The van der Waals surface area contributed by atoms with E-state index in [1.807, 2.05) is 18.2 Å². The number of methoxy groups -OCH3 is 1. The largest absolute Gasteiger partial charge is 0.495 e. The number of thiocarbonyl (C=S) groups is 1. The molecule has 0 fully saturated rings. The van der Waals surface area contributed by atoms with Crippen molar-refractivity contribution >= 4 is 58.2 Å². The minimum absolute atomic E-state index is 0.157. The monoisotopic (exact) mass is 380 g/mol. The first-order chi connectivity index (χ1) is 11.5. The molecule has 0 saturated heterocycles. The molecule has 24 heavy (non-hydrogen) atoms. The van der Waals surface area contributed by atoms with Crippen LogP contribution in [0.2, 0.25) is 10.0 Å². The summed E-state index contributed by atoms with van der Waals surface area (Å²) in [4.78, 5) is 11.9. The van der Waals surface area contributed by atoms with Gasteiger partial charge in [-0.05, 0) is 48.1 Å². The first-order valence-electron chi connectivity index (χ1n) is 6.87. The predicted octanol–water partition coefficient (Wildman–Crippen LogP) is 4.53. The molecule has 7 heteroatoms. The molecule has 0 spiro atoms. The van der Waals surface area contributed by atoms with Gasteiger partial charge in [0.05, 0.1) is 12.1 Å². The number of halogens is 2. The molecule has 0 saturated carbocycles. The van der Waals surface area contributed by atoms with Gasteiger partial charge in [0.2, 0.25) is 5.91 Å². The Kier molecular flexibility index (Phi) is 6.61. The highest BCUT2D eigenvalue weighted by molar-refractivity contribution is 7.80. The number of benzene rings is 2. The quantitative estimate of drug-likeness (QED) is 0.604. The van der Waals surface area contributed by atoms with Gasteiger partial charge in [-0.25, -0.2) is 0 Å².